The highest BCUT2D eigenvalue weighted by Gasteiger charge is 2.16. The topological polar surface area (TPSA) is 59.8 Å². The van der Waals surface area contributed by atoms with Gasteiger partial charge >= 0.3 is 0 Å². The zero-order valence-corrected chi connectivity index (χ0v) is 18.6. The summed E-state index contributed by atoms with van der Waals surface area (Å²) in [6, 6.07) is 15.3. The lowest BCUT2D eigenvalue weighted by atomic mass is 10.1. The lowest BCUT2D eigenvalue weighted by Gasteiger charge is -2.13. The van der Waals surface area contributed by atoms with Crippen LogP contribution in [-0.2, 0) is 17.8 Å². The Morgan fingerprint density at radius 3 is 2.59 bits per heavy atom. The molecule has 0 atom stereocenters. The van der Waals surface area contributed by atoms with E-state index in [2.05, 4.69) is 46.1 Å². The summed E-state index contributed by atoms with van der Waals surface area (Å²) in [5.74, 6) is 1.34. The third-order valence-corrected chi connectivity index (χ3v) is 5.89. The number of carbonyl (C=O) groups is 1. The third kappa shape index (κ3) is 5.98. The molecule has 0 radical (unpaired) electrons. The fourth-order valence-electron chi connectivity index (χ4n) is 2.80. The second-order valence-electron chi connectivity index (χ2n) is 7.00. The molecule has 3 aromatic rings. The molecule has 1 N–H and O–H groups in total. The number of rotatable bonds is 8. The normalized spacial score (nSPS) is 11.1. The van der Waals surface area contributed by atoms with E-state index in [1.807, 2.05) is 18.2 Å². The molecule has 0 aliphatic rings. The number of thioether (sulfide) groups is 1. The molecule has 0 saturated heterocycles. The number of amides is 1. The third-order valence-electron chi connectivity index (χ3n) is 4.10. The Hall–Kier alpha value is -2.02. The van der Waals surface area contributed by atoms with Crippen molar-refractivity contribution in [1.29, 1.82) is 0 Å². The Morgan fingerprint density at radius 2 is 1.86 bits per heavy atom. The number of carbonyl (C=O) groups excluding carboxylic acids is 1. The summed E-state index contributed by atoms with van der Waals surface area (Å²) < 4.78 is 2.10. The van der Waals surface area contributed by atoms with Gasteiger partial charge in [0, 0.05) is 13.0 Å². The van der Waals surface area contributed by atoms with Crippen molar-refractivity contribution in [2.24, 2.45) is 5.92 Å². The van der Waals surface area contributed by atoms with E-state index in [1.165, 1.54) is 17.3 Å². The molecule has 1 aromatic heterocycles. The minimum Gasteiger partial charge on any atom is -0.324 e. The van der Waals surface area contributed by atoms with Crippen LogP contribution in [-0.4, -0.2) is 26.4 Å². The van der Waals surface area contributed by atoms with Gasteiger partial charge in [-0.3, -0.25) is 4.79 Å². The van der Waals surface area contributed by atoms with E-state index in [-0.39, 0.29) is 11.7 Å². The van der Waals surface area contributed by atoms with Gasteiger partial charge in [-0.15, -0.1) is 10.2 Å². The zero-order chi connectivity index (χ0) is 20.8. The fourth-order valence-corrected chi connectivity index (χ4v) is 3.91. The predicted molar refractivity (Wildman–Crippen MR) is 120 cm³/mol. The summed E-state index contributed by atoms with van der Waals surface area (Å²) >= 11 is 13.5. The van der Waals surface area contributed by atoms with Gasteiger partial charge in [-0.05, 0) is 23.6 Å². The van der Waals surface area contributed by atoms with Crippen LogP contribution < -0.4 is 5.32 Å². The van der Waals surface area contributed by atoms with Crippen molar-refractivity contribution >= 4 is 46.6 Å². The van der Waals surface area contributed by atoms with Gasteiger partial charge < -0.3 is 9.88 Å². The number of anilines is 1. The zero-order valence-electron chi connectivity index (χ0n) is 16.2. The number of hydrogen-bond acceptors (Lipinski definition) is 4. The fraction of sp³-hybridized carbons (Fsp3) is 0.286. The maximum Gasteiger partial charge on any atom is 0.234 e. The highest BCUT2D eigenvalue weighted by Crippen LogP contribution is 2.30. The van der Waals surface area contributed by atoms with Crippen LogP contribution in [0, 0.1) is 5.92 Å². The lowest BCUT2D eigenvalue weighted by Crippen LogP contribution is -2.16. The van der Waals surface area contributed by atoms with Crippen LogP contribution >= 0.6 is 35.0 Å². The van der Waals surface area contributed by atoms with Crippen LogP contribution in [0.2, 0.25) is 10.0 Å². The van der Waals surface area contributed by atoms with E-state index >= 15 is 0 Å². The van der Waals surface area contributed by atoms with E-state index in [4.69, 9.17) is 23.2 Å². The molecule has 1 amide bonds. The molecular formula is C21H22Cl2N4OS. The number of nitrogens with one attached hydrogen (secondary N) is 1. The largest absolute Gasteiger partial charge is 0.324 e. The van der Waals surface area contributed by atoms with Gasteiger partial charge in [0.15, 0.2) is 5.16 Å². The molecule has 29 heavy (non-hydrogen) atoms. The SMILES string of the molecule is CC(C)Cn1c(Cc2ccccc2)nnc1SCC(=O)Nc1cccc(Cl)c1Cl. The lowest BCUT2D eigenvalue weighted by molar-refractivity contribution is -0.113. The van der Waals surface area contributed by atoms with Gasteiger partial charge in [0.2, 0.25) is 5.91 Å². The van der Waals surface area contributed by atoms with Gasteiger partial charge in [0.05, 0.1) is 21.5 Å². The first-order chi connectivity index (χ1) is 13.9. The summed E-state index contributed by atoms with van der Waals surface area (Å²) in [5.41, 5.74) is 1.67. The van der Waals surface area contributed by atoms with Crippen molar-refractivity contribution < 1.29 is 4.79 Å². The summed E-state index contributed by atoms with van der Waals surface area (Å²) in [6.45, 7) is 5.09. The average molecular weight is 449 g/mol. The molecule has 8 heteroatoms. The van der Waals surface area contributed by atoms with E-state index < -0.39 is 0 Å². The molecule has 0 saturated carbocycles. The van der Waals surface area contributed by atoms with Crippen molar-refractivity contribution in [1.82, 2.24) is 14.8 Å². The molecule has 0 spiro atoms. The van der Waals surface area contributed by atoms with Gasteiger partial charge in [0.25, 0.3) is 0 Å². The first kappa shape index (κ1) is 21.7. The Morgan fingerprint density at radius 1 is 1.10 bits per heavy atom. The number of halogens is 2. The van der Waals surface area contributed by atoms with E-state index in [0.29, 0.717) is 28.1 Å². The van der Waals surface area contributed by atoms with Crippen molar-refractivity contribution in [2.75, 3.05) is 11.1 Å². The molecular weight excluding hydrogens is 427 g/mol. The van der Waals surface area contributed by atoms with Crippen LogP contribution in [0.3, 0.4) is 0 Å². The predicted octanol–water partition coefficient (Wildman–Crippen LogP) is 5.56. The molecule has 0 unspecified atom stereocenters. The molecule has 5 nitrogen and oxygen atoms in total. The van der Waals surface area contributed by atoms with Crippen molar-refractivity contribution in [3.63, 3.8) is 0 Å². The van der Waals surface area contributed by atoms with Crippen LogP contribution in [0.5, 0.6) is 0 Å². The molecule has 1 heterocycles. The molecule has 152 valence electrons. The Labute approximate surface area is 184 Å². The number of aromatic nitrogens is 3. The maximum atomic E-state index is 12.4. The van der Waals surface area contributed by atoms with Crippen molar-refractivity contribution in [3.05, 3.63) is 70.0 Å². The minimum absolute atomic E-state index is 0.178. The smallest absolute Gasteiger partial charge is 0.234 e. The molecule has 2 aromatic carbocycles. The molecule has 0 aliphatic heterocycles. The summed E-state index contributed by atoms with van der Waals surface area (Å²) in [6.07, 6.45) is 0.700. The summed E-state index contributed by atoms with van der Waals surface area (Å²) in [5, 5.41) is 13.0. The maximum absolute atomic E-state index is 12.4. The Kier molecular flexibility index (Phi) is 7.58. The molecule has 3 rings (SSSR count). The van der Waals surface area contributed by atoms with Gasteiger partial charge in [-0.25, -0.2) is 0 Å². The van der Waals surface area contributed by atoms with Crippen LogP contribution in [0.25, 0.3) is 0 Å². The standard InChI is InChI=1S/C21H22Cl2N4OS/c1-14(2)12-27-18(11-15-7-4-3-5-8-15)25-26-21(27)29-13-19(28)24-17-10-6-9-16(22)20(17)23/h3-10,14H,11-13H2,1-2H3,(H,24,28). The average Bonchev–Trinajstić information content (AvgIpc) is 3.05. The molecule has 0 bridgehead atoms. The second-order valence-corrected chi connectivity index (χ2v) is 8.73. The van der Waals surface area contributed by atoms with Crippen molar-refractivity contribution in [2.45, 2.75) is 32.0 Å². The summed E-state index contributed by atoms with van der Waals surface area (Å²) in [7, 11) is 0. The quantitative estimate of drug-likeness (QED) is 0.458. The van der Waals surface area contributed by atoms with Crippen LogP contribution in [0.15, 0.2) is 53.7 Å². The van der Waals surface area contributed by atoms with Crippen LogP contribution in [0.1, 0.15) is 25.2 Å². The van der Waals surface area contributed by atoms with Crippen molar-refractivity contribution in [3.8, 4) is 0 Å². The second kappa shape index (κ2) is 10.1. The van der Waals surface area contributed by atoms with E-state index in [1.54, 1.807) is 18.2 Å². The van der Waals surface area contributed by atoms with Crippen LogP contribution in [0.4, 0.5) is 5.69 Å². The Bertz CT molecular complexity index is 976. The van der Waals surface area contributed by atoms with Gasteiger partial charge in [-0.2, -0.15) is 0 Å². The number of benzene rings is 2. The van der Waals surface area contributed by atoms with Gasteiger partial charge in [-0.1, -0.05) is 85.2 Å². The Balaban J connectivity index is 1.69. The van der Waals surface area contributed by atoms with E-state index in [9.17, 15) is 4.79 Å². The number of nitrogens with zero attached hydrogens (tertiary/aromatic N) is 3. The first-order valence-corrected chi connectivity index (χ1v) is 11.0. The van der Waals surface area contributed by atoms with Gasteiger partial charge in [0.1, 0.15) is 5.82 Å². The summed E-state index contributed by atoms with van der Waals surface area (Å²) in [4.78, 5) is 12.4. The first-order valence-electron chi connectivity index (χ1n) is 9.26. The monoisotopic (exact) mass is 448 g/mol. The van der Waals surface area contributed by atoms with E-state index in [0.717, 1.165) is 17.5 Å². The molecule has 0 aliphatic carbocycles. The minimum atomic E-state index is -0.178. The highest BCUT2D eigenvalue weighted by atomic mass is 35.5. The molecule has 0 fully saturated rings. The highest BCUT2D eigenvalue weighted by molar-refractivity contribution is 7.99. The number of hydrogen-bond donors (Lipinski definition) is 1.